The predicted molar refractivity (Wildman–Crippen MR) is 74.1 cm³/mol. The summed E-state index contributed by atoms with van der Waals surface area (Å²) in [4.78, 5) is 0. The smallest absolute Gasteiger partial charge is 0.247 e. The molecule has 0 aliphatic carbocycles. The van der Waals surface area contributed by atoms with Gasteiger partial charge in [0.15, 0.2) is 14.9 Å². The molecule has 0 fully saturated rings. The molecule has 106 valence electrons. The Bertz CT molecular complexity index is 681. The second-order valence-electron chi connectivity index (χ2n) is 4.67. The second-order valence-corrected chi connectivity index (χ2v) is 8.90. The van der Waals surface area contributed by atoms with Gasteiger partial charge in [-0.3, -0.25) is 4.72 Å². The molecule has 0 saturated carbocycles. The molecular formula is C11H16N2O4S2. The topological polar surface area (TPSA) is 92.3 Å². The van der Waals surface area contributed by atoms with E-state index in [1.807, 2.05) is 6.07 Å². The Balaban J connectivity index is 2.20. The van der Waals surface area contributed by atoms with Crippen LogP contribution in [0.25, 0.3) is 0 Å². The van der Waals surface area contributed by atoms with Gasteiger partial charge in [-0.25, -0.2) is 16.8 Å². The van der Waals surface area contributed by atoms with Crippen LogP contribution in [0.5, 0.6) is 0 Å². The molecule has 1 aliphatic heterocycles. The molecule has 0 amide bonds. The Morgan fingerprint density at radius 1 is 1.21 bits per heavy atom. The third-order valence-electron chi connectivity index (χ3n) is 2.74. The monoisotopic (exact) mass is 304 g/mol. The SMILES string of the molecule is CS(=O)(=O)CS(=O)(=O)Nc1ccc2c(c1)CNCC2. The van der Waals surface area contributed by atoms with Crippen molar-refractivity contribution in [2.24, 2.45) is 0 Å². The maximum absolute atomic E-state index is 11.7. The number of rotatable bonds is 4. The Labute approximate surface area is 113 Å². The second kappa shape index (κ2) is 5.10. The average Bonchev–Trinajstić information content (AvgIpc) is 2.24. The molecule has 0 unspecified atom stereocenters. The van der Waals surface area contributed by atoms with Gasteiger partial charge in [0.1, 0.15) is 0 Å². The van der Waals surface area contributed by atoms with E-state index in [1.165, 1.54) is 5.56 Å². The lowest BCUT2D eigenvalue weighted by molar-refractivity contribution is 0.595. The molecule has 19 heavy (non-hydrogen) atoms. The normalized spacial score (nSPS) is 15.8. The number of hydrogen-bond donors (Lipinski definition) is 2. The molecule has 0 bridgehead atoms. The maximum atomic E-state index is 11.7. The van der Waals surface area contributed by atoms with E-state index in [4.69, 9.17) is 0 Å². The van der Waals surface area contributed by atoms with Crippen molar-refractivity contribution >= 4 is 25.5 Å². The first-order valence-electron chi connectivity index (χ1n) is 5.76. The third-order valence-corrected chi connectivity index (χ3v) is 6.24. The first-order valence-corrected chi connectivity index (χ1v) is 9.47. The Morgan fingerprint density at radius 3 is 2.63 bits per heavy atom. The summed E-state index contributed by atoms with van der Waals surface area (Å²) in [5.74, 6) is 0. The molecule has 1 heterocycles. The Kier molecular flexibility index (Phi) is 3.84. The van der Waals surface area contributed by atoms with Crippen molar-refractivity contribution in [3.63, 3.8) is 0 Å². The van der Waals surface area contributed by atoms with Gasteiger partial charge in [-0.1, -0.05) is 6.07 Å². The van der Waals surface area contributed by atoms with E-state index in [9.17, 15) is 16.8 Å². The van der Waals surface area contributed by atoms with E-state index in [2.05, 4.69) is 10.0 Å². The van der Waals surface area contributed by atoms with Crippen LogP contribution >= 0.6 is 0 Å². The number of fused-ring (bicyclic) bond motifs is 1. The molecule has 0 radical (unpaired) electrons. The van der Waals surface area contributed by atoms with E-state index < -0.39 is 24.9 Å². The summed E-state index contributed by atoms with van der Waals surface area (Å²) in [5.41, 5.74) is 2.61. The maximum Gasteiger partial charge on any atom is 0.247 e. The largest absolute Gasteiger partial charge is 0.312 e. The highest BCUT2D eigenvalue weighted by molar-refractivity contribution is 8.08. The van der Waals surface area contributed by atoms with Crippen LogP contribution in [0.2, 0.25) is 0 Å². The lowest BCUT2D eigenvalue weighted by Gasteiger charge is -2.18. The molecule has 0 aromatic heterocycles. The molecule has 0 spiro atoms. The molecule has 8 heteroatoms. The summed E-state index contributed by atoms with van der Waals surface area (Å²) in [5, 5.41) is 2.29. The highest BCUT2D eigenvalue weighted by atomic mass is 32.3. The van der Waals surface area contributed by atoms with Crippen LogP contribution in [0.1, 0.15) is 11.1 Å². The summed E-state index contributed by atoms with van der Waals surface area (Å²) < 4.78 is 47.7. The van der Waals surface area contributed by atoms with Crippen molar-refractivity contribution in [1.82, 2.24) is 5.32 Å². The number of benzene rings is 1. The lowest BCUT2D eigenvalue weighted by atomic mass is 10.0. The number of nitrogens with one attached hydrogen (secondary N) is 2. The van der Waals surface area contributed by atoms with Gasteiger partial charge < -0.3 is 5.32 Å². The standard InChI is InChI=1S/C11H16N2O4S2/c1-18(14,15)8-19(16,17)13-11-3-2-9-4-5-12-7-10(9)6-11/h2-3,6,12-13H,4-5,7-8H2,1H3. The van der Waals surface area contributed by atoms with E-state index in [1.54, 1.807) is 12.1 Å². The lowest BCUT2D eigenvalue weighted by Crippen LogP contribution is -2.25. The number of anilines is 1. The fraction of sp³-hybridized carbons (Fsp3) is 0.455. The summed E-state index contributed by atoms with van der Waals surface area (Å²) in [6, 6.07) is 5.26. The van der Waals surface area contributed by atoms with Gasteiger partial charge in [-0.05, 0) is 36.2 Å². The third kappa shape index (κ3) is 4.19. The van der Waals surface area contributed by atoms with Crippen molar-refractivity contribution in [3.8, 4) is 0 Å². The van der Waals surface area contributed by atoms with Gasteiger partial charge in [0.2, 0.25) is 10.0 Å². The fourth-order valence-corrected chi connectivity index (χ4v) is 5.01. The van der Waals surface area contributed by atoms with Crippen LogP contribution in [-0.2, 0) is 32.8 Å². The van der Waals surface area contributed by atoms with Gasteiger partial charge in [0, 0.05) is 18.5 Å². The van der Waals surface area contributed by atoms with Gasteiger partial charge in [-0.15, -0.1) is 0 Å². The zero-order chi connectivity index (χ0) is 14.1. The van der Waals surface area contributed by atoms with Crippen molar-refractivity contribution in [2.45, 2.75) is 13.0 Å². The van der Waals surface area contributed by atoms with Gasteiger partial charge in [0.05, 0.1) is 0 Å². The zero-order valence-corrected chi connectivity index (χ0v) is 12.1. The minimum Gasteiger partial charge on any atom is -0.312 e. The minimum absolute atomic E-state index is 0.395. The molecule has 2 N–H and O–H groups in total. The van der Waals surface area contributed by atoms with Gasteiger partial charge >= 0.3 is 0 Å². The molecule has 1 aromatic carbocycles. The molecule has 2 rings (SSSR count). The van der Waals surface area contributed by atoms with Crippen LogP contribution in [0.3, 0.4) is 0 Å². The van der Waals surface area contributed by atoms with Crippen molar-refractivity contribution in [2.75, 3.05) is 22.6 Å². The van der Waals surface area contributed by atoms with Crippen LogP contribution in [0.15, 0.2) is 18.2 Å². The molecular weight excluding hydrogens is 288 g/mol. The zero-order valence-electron chi connectivity index (χ0n) is 10.5. The van der Waals surface area contributed by atoms with Crippen molar-refractivity contribution in [3.05, 3.63) is 29.3 Å². The van der Waals surface area contributed by atoms with Crippen LogP contribution in [0.4, 0.5) is 5.69 Å². The molecule has 6 nitrogen and oxygen atoms in total. The average molecular weight is 304 g/mol. The van der Waals surface area contributed by atoms with E-state index in [0.29, 0.717) is 12.2 Å². The highest BCUT2D eigenvalue weighted by Crippen LogP contribution is 2.20. The predicted octanol–water partition coefficient (Wildman–Crippen LogP) is 0.0761. The number of hydrogen-bond acceptors (Lipinski definition) is 5. The van der Waals surface area contributed by atoms with E-state index >= 15 is 0 Å². The molecule has 1 aromatic rings. The quantitative estimate of drug-likeness (QED) is 0.821. The summed E-state index contributed by atoms with van der Waals surface area (Å²) in [6.45, 7) is 1.60. The minimum atomic E-state index is -3.88. The van der Waals surface area contributed by atoms with E-state index in [0.717, 1.165) is 24.8 Å². The van der Waals surface area contributed by atoms with Crippen LogP contribution < -0.4 is 10.0 Å². The summed E-state index contributed by atoms with van der Waals surface area (Å²) in [7, 11) is -7.46. The molecule has 1 aliphatic rings. The Morgan fingerprint density at radius 2 is 1.95 bits per heavy atom. The van der Waals surface area contributed by atoms with Gasteiger partial charge in [-0.2, -0.15) is 0 Å². The fourth-order valence-electron chi connectivity index (χ4n) is 2.03. The van der Waals surface area contributed by atoms with Crippen LogP contribution in [0, 0.1) is 0 Å². The molecule has 0 atom stereocenters. The highest BCUT2D eigenvalue weighted by Gasteiger charge is 2.18. The first kappa shape index (κ1) is 14.3. The number of sulfone groups is 1. The van der Waals surface area contributed by atoms with Crippen molar-refractivity contribution in [1.29, 1.82) is 0 Å². The summed E-state index contributed by atoms with van der Waals surface area (Å²) in [6.07, 6.45) is 1.80. The number of sulfonamides is 1. The Hall–Kier alpha value is -1.12. The van der Waals surface area contributed by atoms with Gasteiger partial charge in [0.25, 0.3) is 0 Å². The van der Waals surface area contributed by atoms with E-state index in [-0.39, 0.29) is 0 Å². The first-order chi connectivity index (χ1) is 8.75. The molecule has 0 saturated heterocycles. The summed E-state index contributed by atoms with van der Waals surface area (Å²) >= 11 is 0. The van der Waals surface area contributed by atoms with Crippen molar-refractivity contribution < 1.29 is 16.8 Å². The van der Waals surface area contributed by atoms with Crippen LogP contribution in [-0.4, -0.2) is 34.7 Å².